The Bertz CT molecular complexity index is 1300. The zero-order chi connectivity index (χ0) is 26.3. The van der Waals surface area contributed by atoms with Crippen LogP contribution in [0.25, 0.3) is 0 Å². The molecule has 0 saturated carbocycles. The summed E-state index contributed by atoms with van der Waals surface area (Å²) < 4.78 is 42.3. The van der Waals surface area contributed by atoms with Gasteiger partial charge in [-0.05, 0) is 61.9 Å². The number of benzene rings is 3. The van der Waals surface area contributed by atoms with Crippen LogP contribution in [0.2, 0.25) is 0 Å². The van der Waals surface area contributed by atoms with Crippen LogP contribution in [0.3, 0.4) is 0 Å². The van der Waals surface area contributed by atoms with Gasteiger partial charge >= 0.3 is 0 Å². The molecule has 3 aromatic carbocycles. The molecule has 0 aliphatic rings. The lowest BCUT2D eigenvalue weighted by molar-refractivity contribution is -0.139. The highest BCUT2D eigenvalue weighted by Crippen LogP contribution is 2.27. The molecule has 3 rings (SSSR count). The minimum absolute atomic E-state index is 0.00484. The number of carbonyl (C=O) groups excluding carboxylic acids is 2. The molecule has 1 atom stereocenters. The summed E-state index contributed by atoms with van der Waals surface area (Å²) in [7, 11) is -4.12. The molecule has 190 valence electrons. The highest BCUT2D eigenvalue weighted by Gasteiger charge is 2.32. The lowest BCUT2D eigenvalue weighted by Gasteiger charge is -2.32. The van der Waals surface area contributed by atoms with Gasteiger partial charge < -0.3 is 10.2 Å². The second-order valence-corrected chi connectivity index (χ2v) is 10.8. The first-order valence-corrected chi connectivity index (χ1v) is 13.5. The zero-order valence-electron chi connectivity index (χ0n) is 19.9. The number of carbonyl (C=O) groups is 2. The van der Waals surface area contributed by atoms with E-state index in [4.69, 9.17) is 0 Å². The van der Waals surface area contributed by atoms with Crippen LogP contribution in [0.1, 0.15) is 19.4 Å². The molecule has 2 amide bonds. The van der Waals surface area contributed by atoms with E-state index in [0.717, 1.165) is 4.31 Å². The second kappa shape index (κ2) is 12.1. The van der Waals surface area contributed by atoms with Gasteiger partial charge in [-0.15, -0.1) is 0 Å². The Hall–Kier alpha value is -3.24. The number of hydrogen-bond acceptors (Lipinski definition) is 4. The Balaban J connectivity index is 2.01. The summed E-state index contributed by atoms with van der Waals surface area (Å²) in [4.78, 5) is 27.6. The van der Waals surface area contributed by atoms with Gasteiger partial charge in [0, 0.05) is 17.6 Å². The molecule has 0 aromatic heterocycles. The van der Waals surface area contributed by atoms with E-state index in [1.807, 2.05) is 0 Å². The van der Waals surface area contributed by atoms with Crippen molar-refractivity contribution in [2.45, 2.75) is 31.3 Å². The van der Waals surface area contributed by atoms with Gasteiger partial charge in [-0.3, -0.25) is 13.9 Å². The van der Waals surface area contributed by atoms with Crippen LogP contribution in [-0.2, 0) is 26.2 Å². The number of hydrogen-bond donors (Lipinski definition) is 1. The minimum atomic E-state index is -4.12. The SMILES string of the molecule is CCNC(=O)[C@@H](C)N(Cc1ccc(F)cc1)C(=O)CN(c1cccc(Br)c1)S(=O)(=O)c1ccccc1. The first-order chi connectivity index (χ1) is 17.1. The second-order valence-electron chi connectivity index (χ2n) is 8.02. The number of nitrogens with zero attached hydrogens (tertiary/aromatic N) is 2. The first-order valence-electron chi connectivity index (χ1n) is 11.3. The topological polar surface area (TPSA) is 86.8 Å². The van der Waals surface area contributed by atoms with Crippen molar-refractivity contribution in [3.8, 4) is 0 Å². The maximum atomic E-state index is 13.7. The van der Waals surface area contributed by atoms with Crippen molar-refractivity contribution in [2.75, 3.05) is 17.4 Å². The molecular weight excluding hydrogens is 549 g/mol. The Kier molecular flexibility index (Phi) is 9.22. The number of amides is 2. The molecule has 0 aliphatic heterocycles. The predicted molar refractivity (Wildman–Crippen MR) is 140 cm³/mol. The summed E-state index contributed by atoms with van der Waals surface area (Å²) in [5.41, 5.74) is 0.884. The molecular formula is C26H27BrFN3O4S. The van der Waals surface area contributed by atoms with E-state index in [9.17, 15) is 22.4 Å². The molecule has 1 N–H and O–H groups in total. The van der Waals surface area contributed by atoms with Gasteiger partial charge in [-0.1, -0.05) is 52.3 Å². The Morgan fingerprint density at radius 3 is 2.28 bits per heavy atom. The third-order valence-corrected chi connectivity index (χ3v) is 7.77. The average molecular weight is 576 g/mol. The summed E-state index contributed by atoms with van der Waals surface area (Å²) in [5.74, 6) is -1.39. The van der Waals surface area contributed by atoms with E-state index in [1.165, 1.54) is 41.3 Å². The molecule has 10 heteroatoms. The van der Waals surface area contributed by atoms with Crippen molar-refractivity contribution in [1.82, 2.24) is 10.2 Å². The van der Waals surface area contributed by atoms with E-state index in [2.05, 4.69) is 21.2 Å². The number of sulfonamides is 1. The molecule has 36 heavy (non-hydrogen) atoms. The standard InChI is InChI=1S/C26H27BrFN3O4S/c1-3-29-26(33)19(2)30(17-20-12-14-22(28)15-13-20)25(32)18-31(23-9-7-8-21(27)16-23)36(34,35)24-10-5-4-6-11-24/h4-16,19H,3,17-18H2,1-2H3,(H,29,33)/t19-/m1/s1. The van der Waals surface area contributed by atoms with Crippen LogP contribution in [0.4, 0.5) is 10.1 Å². The summed E-state index contributed by atoms with van der Waals surface area (Å²) in [5, 5.41) is 2.69. The van der Waals surface area contributed by atoms with Crippen LogP contribution < -0.4 is 9.62 Å². The fourth-order valence-electron chi connectivity index (χ4n) is 3.57. The fraction of sp³-hybridized carbons (Fsp3) is 0.231. The minimum Gasteiger partial charge on any atom is -0.355 e. The fourth-order valence-corrected chi connectivity index (χ4v) is 5.38. The third-order valence-electron chi connectivity index (χ3n) is 5.49. The summed E-state index contributed by atoms with van der Waals surface area (Å²) in [6.07, 6.45) is 0. The number of halogens is 2. The molecule has 0 heterocycles. The highest BCUT2D eigenvalue weighted by atomic mass is 79.9. The molecule has 0 radical (unpaired) electrons. The third kappa shape index (κ3) is 6.70. The summed E-state index contributed by atoms with van der Waals surface area (Å²) in [6.45, 7) is 3.15. The quantitative estimate of drug-likeness (QED) is 0.389. The van der Waals surface area contributed by atoms with Crippen molar-refractivity contribution >= 4 is 43.5 Å². The smallest absolute Gasteiger partial charge is 0.264 e. The average Bonchev–Trinajstić information content (AvgIpc) is 2.87. The predicted octanol–water partition coefficient (Wildman–Crippen LogP) is 4.34. The van der Waals surface area contributed by atoms with Gasteiger partial charge in [0.25, 0.3) is 10.0 Å². The zero-order valence-corrected chi connectivity index (χ0v) is 22.3. The molecule has 0 bridgehead atoms. The van der Waals surface area contributed by atoms with Gasteiger partial charge in [0.15, 0.2) is 0 Å². The number of nitrogens with one attached hydrogen (secondary N) is 1. The first kappa shape index (κ1) is 27.3. The summed E-state index contributed by atoms with van der Waals surface area (Å²) in [6, 6.07) is 19.1. The van der Waals surface area contributed by atoms with Crippen molar-refractivity contribution in [1.29, 1.82) is 0 Å². The van der Waals surface area contributed by atoms with E-state index >= 15 is 0 Å². The van der Waals surface area contributed by atoms with Crippen LogP contribution >= 0.6 is 15.9 Å². The van der Waals surface area contributed by atoms with Gasteiger partial charge in [-0.25, -0.2) is 12.8 Å². The maximum Gasteiger partial charge on any atom is 0.264 e. The van der Waals surface area contributed by atoms with Crippen molar-refractivity contribution in [2.24, 2.45) is 0 Å². The van der Waals surface area contributed by atoms with Crippen LogP contribution in [0.5, 0.6) is 0 Å². The van der Waals surface area contributed by atoms with E-state index in [0.29, 0.717) is 16.6 Å². The van der Waals surface area contributed by atoms with Crippen LogP contribution in [0.15, 0.2) is 88.2 Å². The molecule has 7 nitrogen and oxygen atoms in total. The lowest BCUT2D eigenvalue weighted by atomic mass is 10.1. The largest absolute Gasteiger partial charge is 0.355 e. The van der Waals surface area contributed by atoms with Gasteiger partial charge in [-0.2, -0.15) is 0 Å². The van der Waals surface area contributed by atoms with E-state index in [-0.39, 0.29) is 23.0 Å². The number of rotatable bonds is 10. The highest BCUT2D eigenvalue weighted by molar-refractivity contribution is 9.10. The number of likely N-dealkylation sites (N-methyl/N-ethyl adjacent to an activating group) is 1. The Morgan fingerprint density at radius 1 is 1.00 bits per heavy atom. The molecule has 0 aliphatic carbocycles. The molecule has 0 fully saturated rings. The molecule has 3 aromatic rings. The van der Waals surface area contributed by atoms with Crippen molar-refractivity contribution in [3.63, 3.8) is 0 Å². The van der Waals surface area contributed by atoms with Crippen LogP contribution in [-0.4, -0.2) is 44.3 Å². The van der Waals surface area contributed by atoms with Gasteiger partial charge in [0.2, 0.25) is 11.8 Å². The lowest BCUT2D eigenvalue weighted by Crippen LogP contribution is -2.51. The van der Waals surface area contributed by atoms with Crippen LogP contribution in [0, 0.1) is 5.82 Å². The van der Waals surface area contributed by atoms with E-state index < -0.39 is 34.3 Å². The molecule has 0 spiro atoms. The van der Waals surface area contributed by atoms with Crippen molar-refractivity contribution < 1.29 is 22.4 Å². The maximum absolute atomic E-state index is 13.7. The molecule has 0 unspecified atom stereocenters. The monoisotopic (exact) mass is 575 g/mol. The Morgan fingerprint density at radius 2 is 1.67 bits per heavy atom. The van der Waals surface area contributed by atoms with Gasteiger partial charge in [0.1, 0.15) is 18.4 Å². The Labute approximate surface area is 219 Å². The normalized spacial score (nSPS) is 12.0. The van der Waals surface area contributed by atoms with E-state index in [1.54, 1.807) is 56.3 Å². The number of anilines is 1. The summed E-state index contributed by atoms with van der Waals surface area (Å²) >= 11 is 3.36. The van der Waals surface area contributed by atoms with Crippen molar-refractivity contribution in [3.05, 3.63) is 94.7 Å². The van der Waals surface area contributed by atoms with Gasteiger partial charge in [0.05, 0.1) is 10.6 Å². The molecule has 0 saturated heterocycles.